The number of oxazole rings is 1. The molecule has 1 unspecified atom stereocenters. The molecule has 0 saturated carbocycles. The molecule has 2 aromatic rings. The topological polar surface area (TPSA) is 72.6 Å². The van der Waals surface area contributed by atoms with Crippen molar-refractivity contribution < 1.29 is 19.1 Å². The highest BCUT2D eigenvalue weighted by atomic mass is 16.5. The predicted octanol–water partition coefficient (Wildman–Crippen LogP) is 2.07. The van der Waals surface area contributed by atoms with Crippen molar-refractivity contribution in [2.24, 2.45) is 0 Å². The molecular formula is C11H11NO4. The molecule has 2 rings (SSSR count). The van der Waals surface area contributed by atoms with E-state index in [1.54, 1.807) is 25.1 Å². The third-order valence-corrected chi connectivity index (χ3v) is 2.23. The van der Waals surface area contributed by atoms with Crippen molar-refractivity contribution >= 4 is 17.1 Å². The van der Waals surface area contributed by atoms with E-state index >= 15 is 0 Å². The molecule has 0 aliphatic heterocycles. The number of benzene rings is 1. The third kappa shape index (κ3) is 1.98. The molecule has 1 atom stereocenters. The lowest BCUT2D eigenvalue weighted by molar-refractivity contribution is -0.145. The Morgan fingerprint density at radius 1 is 1.62 bits per heavy atom. The number of hydrogen-bond acceptors (Lipinski definition) is 4. The van der Waals surface area contributed by atoms with Crippen molar-refractivity contribution in [3.63, 3.8) is 0 Å². The van der Waals surface area contributed by atoms with E-state index in [2.05, 4.69) is 4.98 Å². The molecule has 5 heteroatoms. The lowest BCUT2D eigenvalue weighted by Gasteiger charge is -2.12. The van der Waals surface area contributed by atoms with Crippen molar-refractivity contribution in [3.05, 3.63) is 24.6 Å². The summed E-state index contributed by atoms with van der Waals surface area (Å²) in [5.74, 6) is -0.501. The zero-order valence-electron chi connectivity index (χ0n) is 8.71. The van der Waals surface area contributed by atoms with Crippen LogP contribution >= 0.6 is 0 Å². The molecule has 5 nitrogen and oxygen atoms in total. The van der Waals surface area contributed by atoms with Crippen LogP contribution in [-0.2, 0) is 4.79 Å². The largest absolute Gasteiger partial charge is 0.479 e. The summed E-state index contributed by atoms with van der Waals surface area (Å²) in [4.78, 5) is 14.7. The number of rotatable bonds is 4. The Balaban J connectivity index is 2.23. The average Bonchev–Trinajstić information content (AvgIpc) is 2.72. The fourth-order valence-electron chi connectivity index (χ4n) is 1.38. The maximum absolute atomic E-state index is 10.8. The summed E-state index contributed by atoms with van der Waals surface area (Å²) in [6.45, 7) is 1.76. The molecule has 0 aliphatic carbocycles. The van der Waals surface area contributed by atoms with Crippen molar-refractivity contribution in [1.82, 2.24) is 4.98 Å². The molecule has 84 valence electrons. The Labute approximate surface area is 91.7 Å². The van der Waals surface area contributed by atoms with Crippen molar-refractivity contribution in [2.75, 3.05) is 0 Å². The van der Waals surface area contributed by atoms with Crippen LogP contribution in [0.4, 0.5) is 0 Å². The number of carboxylic acids is 1. The summed E-state index contributed by atoms with van der Waals surface area (Å²) in [6, 6.07) is 5.03. The van der Waals surface area contributed by atoms with Crippen LogP contribution in [0, 0.1) is 0 Å². The van der Waals surface area contributed by atoms with Crippen LogP contribution in [-0.4, -0.2) is 22.2 Å². The van der Waals surface area contributed by atoms with Gasteiger partial charge in [-0.2, -0.15) is 0 Å². The smallest absolute Gasteiger partial charge is 0.344 e. The number of aromatic nitrogens is 1. The molecule has 0 saturated heterocycles. The molecule has 0 spiro atoms. The quantitative estimate of drug-likeness (QED) is 0.855. The first kappa shape index (κ1) is 10.5. The zero-order chi connectivity index (χ0) is 11.5. The molecule has 1 N–H and O–H groups in total. The van der Waals surface area contributed by atoms with Gasteiger partial charge in [0.25, 0.3) is 0 Å². The van der Waals surface area contributed by atoms with Gasteiger partial charge in [0.05, 0.1) is 0 Å². The van der Waals surface area contributed by atoms with Crippen LogP contribution in [0.1, 0.15) is 13.3 Å². The number of fused-ring (bicyclic) bond motifs is 1. The molecule has 0 amide bonds. The van der Waals surface area contributed by atoms with Gasteiger partial charge >= 0.3 is 5.97 Å². The fourth-order valence-corrected chi connectivity index (χ4v) is 1.38. The molecule has 0 radical (unpaired) electrons. The third-order valence-electron chi connectivity index (χ3n) is 2.23. The highest BCUT2D eigenvalue weighted by Crippen LogP contribution is 2.21. The van der Waals surface area contributed by atoms with E-state index in [0.29, 0.717) is 17.8 Å². The van der Waals surface area contributed by atoms with Crippen LogP contribution in [0.25, 0.3) is 11.1 Å². The van der Waals surface area contributed by atoms with E-state index in [0.717, 1.165) is 5.52 Å². The highest BCUT2D eigenvalue weighted by Gasteiger charge is 2.16. The summed E-state index contributed by atoms with van der Waals surface area (Å²) in [5.41, 5.74) is 1.30. The van der Waals surface area contributed by atoms with Gasteiger partial charge in [-0.3, -0.25) is 0 Å². The first-order valence-electron chi connectivity index (χ1n) is 4.93. The Morgan fingerprint density at radius 2 is 2.44 bits per heavy atom. The average molecular weight is 221 g/mol. The zero-order valence-corrected chi connectivity index (χ0v) is 8.71. The monoisotopic (exact) mass is 221 g/mol. The fraction of sp³-hybridized carbons (Fsp3) is 0.273. The summed E-state index contributed by atoms with van der Waals surface area (Å²) in [6.07, 6.45) is 0.910. The van der Waals surface area contributed by atoms with Crippen LogP contribution in [0.5, 0.6) is 5.75 Å². The van der Waals surface area contributed by atoms with Gasteiger partial charge in [-0.05, 0) is 18.6 Å². The van der Waals surface area contributed by atoms with Crippen LogP contribution in [0.15, 0.2) is 29.0 Å². The SMILES string of the molecule is CCC(Oc1ccc2ncoc2c1)C(=O)O. The molecule has 0 fully saturated rings. The second-order valence-electron chi connectivity index (χ2n) is 3.33. The Kier molecular flexibility index (Phi) is 2.76. The van der Waals surface area contributed by atoms with Gasteiger partial charge in [-0.25, -0.2) is 9.78 Å². The van der Waals surface area contributed by atoms with E-state index < -0.39 is 12.1 Å². The molecule has 16 heavy (non-hydrogen) atoms. The minimum Gasteiger partial charge on any atom is -0.479 e. The van der Waals surface area contributed by atoms with Crippen molar-refractivity contribution in [1.29, 1.82) is 0 Å². The first-order valence-corrected chi connectivity index (χ1v) is 4.93. The lowest BCUT2D eigenvalue weighted by Crippen LogP contribution is -2.25. The van der Waals surface area contributed by atoms with Crippen molar-refractivity contribution in [3.8, 4) is 5.75 Å². The Hall–Kier alpha value is -2.04. The number of carbonyl (C=O) groups is 1. The van der Waals surface area contributed by atoms with Gasteiger partial charge in [-0.15, -0.1) is 0 Å². The second-order valence-corrected chi connectivity index (χ2v) is 3.33. The molecule has 0 bridgehead atoms. The molecule has 1 heterocycles. The number of nitrogens with zero attached hydrogens (tertiary/aromatic N) is 1. The number of carboxylic acid groups (broad SMARTS) is 1. The first-order chi connectivity index (χ1) is 7.70. The van der Waals surface area contributed by atoms with Crippen molar-refractivity contribution in [2.45, 2.75) is 19.4 Å². The van der Waals surface area contributed by atoms with E-state index in [1.165, 1.54) is 6.39 Å². The predicted molar refractivity (Wildman–Crippen MR) is 56.4 cm³/mol. The minimum atomic E-state index is -0.972. The second kappa shape index (κ2) is 4.22. The highest BCUT2D eigenvalue weighted by molar-refractivity contribution is 5.75. The summed E-state index contributed by atoms with van der Waals surface area (Å²) < 4.78 is 10.4. The molecule has 1 aromatic heterocycles. The Bertz CT molecular complexity index is 505. The molecule has 0 aliphatic rings. The summed E-state index contributed by atoms with van der Waals surface area (Å²) in [7, 11) is 0. The number of ether oxygens (including phenoxy) is 1. The standard InChI is InChI=1S/C11H11NO4/c1-2-9(11(13)14)16-7-3-4-8-10(5-7)15-6-12-8/h3-6,9H,2H2,1H3,(H,13,14). The summed E-state index contributed by atoms with van der Waals surface area (Å²) >= 11 is 0. The molecule has 1 aromatic carbocycles. The van der Waals surface area contributed by atoms with Gasteiger partial charge in [0.2, 0.25) is 0 Å². The van der Waals surface area contributed by atoms with E-state index in [4.69, 9.17) is 14.3 Å². The maximum Gasteiger partial charge on any atom is 0.344 e. The number of hydrogen-bond donors (Lipinski definition) is 1. The Morgan fingerprint density at radius 3 is 3.12 bits per heavy atom. The summed E-state index contributed by atoms with van der Waals surface area (Å²) in [5, 5.41) is 8.85. The van der Waals surface area contributed by atoms with Crippen LogP contribution in [0.2, 0.25) is 0 Å². The van der Waals surface area contributed by atoms with E-state index in [9.17, 15) is 4.79 Å². The van der Waals surface area contributed by atoms with Crippen LogP contribution in [0.3, 0.4) is 0 Å². The van der Waals surface area contributed by atoms with Gasteiger partial charge in [0.15, 0.2) is 18.1 Å². The maximum atomic E-state index is 10.8. The molecular weight excluding hydrogens is 210 g/mol. The van der Waals surface area contributed by atoms with E-state index in [-0.39, 0.29) is 0 Å². The number of aliphatic carboxylic acids is 1. The minimum absolute atomic E-state index is 0.407. The normalized spacial score (nSPS) is 12.6. The van der Waals surface area contributed by atoms with Gasteiger partial charge in [-0.1, -0.05) is 6.92 Å². The lowest BCUT2D eigenvalue weighted by atomic mass is 10.2. The van der Waals surface area contributed by atoms with Gasteiger partial charge in [0.1, 0.15) is 11.3 Å². The van der Waals surface area contributed by atoms with Gasteiger partial charge in [0, 0.05) is 6.07 Å². The van der Waals surface area contributed by atoms with Crippen LogP contribution < -0.4 is 4.74 Å². The van der Waals surface area contributed by atoms with E-state index in [1.807, 2.05) is 0 Å². The van der Waals surface area contributed by atoms with Gasteiger partial charge < -0.3 is 14.3 Å².